The molecular formula is C26H30N2O5. The number of likely N-dealkylation sites (tertiary alicyclic amines) is 1. The Hall–Kier alpha value is -3.48. The third-order valence-corrected chi connectivity index (χ3v) is 6.42. The van der Waals surface area contributed by atoms with Crippen LogP contribution >= 0.6 is 0 Å². The van der Waals surface area contributed by atoms with Gasteiger partial charge in [-0.25, -0.2) is 0 Å². The number of imide groups is 1. The van der Waals surface area contributed by atoms with Crippen molar-refractivity contribution in [1.82, 2.24) is 9.80 Å². The predicted octanol–water partition coefficient (Wildman–Crippen LogP) is 3.72. The van der Waals surface area contributed by atoms with E-state index in [2.05, 4.69) is 11.8 Å². The van der Waals surface area contributed by atoms with Crippen molar-refractivity contribution in [2.75, 3.05) is 34.4 Å². The highest BCUT2D eigenvalue weighted by atomic mass is 16.5. The van der Waals surface area contributed by atoms with E-state index in [9.17, 15) is 9.59 Å². The van der Waals surface area contributed by atoms with Gasteiger partial charge in [-0.05, 0) is 54.2 Å². The van der Waals surface area contributed by atoms with Gasteiger partial charge >= 0.3 is 0 Å². The summed E-state index contributed by atoms with van der Waals surface area (Å²) in [5.41, 5.74) is 2.41. The second-order valence-corrected chi connectivity index (χ2v) is 8.51. The Balaban J connectivity index is 1.73. The molecule has 174 valence electrons. The first-order valence-electron chi connectivity index (χ1n) is 11.2. The predicted molar refractivity (Wildman–Crippen MR) is 125 cm³/mol. The fourth-order valence-electron chi connectivity index (χ4n) is 4.40. The van der Waals surface area contributed by atoms with Crippen molar-refractivity contribution in [3.05, 3.63) is 59.3 Å². The van der Waals surface area contributed by atoms with E-state index in [4.69, 9.17) is 14.2 Å². The molecule has 2 heterocycles. The quantitative estimate of drug-likeness (QED) is 0.599. The maximum absolute atomic E-state index is 13.6. The van der Waals surface area contributed by atoms with Gasteiger partial charge in [0.1, 0.15) is 11.4 Å². The molecule has 2 aromatic rings. The molecular weight excluding hydrogens is 420 g/mol. The van der Waals surface area contributed by atoms with Crippen LogP contribution in [0.15, 0.2) is 48.2 Å². The fourth-order valence-corrected chi connectivity index (χ4v) is 4.40. The lowest BCUT2D eigenvalue weighted by molar-refractivity contribution is -0.138. The van der Waals surface area contributed by atoms with Crippen LogP contribution in [0.25, 0.3) is 5.57 Å². The van der Waals surface area contributed by atoms with Crippen LogP contribution in [0.3, 0.4) is 0 Å². The second kappa shape index (κ2) is 9.57. The first-order chi connectivity index (χ1) is 16.0. The monoisotopic (exact) mass is 450 g/mol. The second-order valence-electron chi connectivity index (χ2n) is 8.51. The normalized spacial score (nSPS) is 17.1. The molecule has 0 N–H and O–H groups in total. The van der Waals surface area contributed by atoms with Crippen LogP contribution in [0.4, 0.5) is 0 Å². The Labute approximate surface area is 194 Å². The van der Waals surface area contributed by atoms with Gasteiger partial charge in [0.15, 0.2) is 11.5 Å². The molecule has 2 amide bonds. The number of piperidine rings is 1. The molecule has 0 saturated carbocycles. The van der Waals surface area contributed by atoms with E-state index in [1.165, 1.54) is 4.90 Å². The molecule has 7 heteroatoms. The smallest absolute Gasteiger partial charge is 0.278 e. The van der Waals surface area contributed by atoms with Gasteiger partial charge in [0, 0.05) is 13.1 Å². The zero-order valence-electron chi connectivity index (χ0n) is 19.6. The number of hydrogen-bond donors (Lipinski definition) is 0. The van der Waals surface area contributed by atoms with Crippen LogP contribution in [-0.4, -0.2) is 56.0 Å². The van der Waals surface area contributed by atoms with Gasteiger partial charge in [-0.15, -0.1) is 0 Å². The lowest BCUT2D eigenvalue weighted by atomic mass is 9.97. The number of methoxy groups -OCH3 is 3. The van der Waals surface area contributed by atoms with E-state index < -0.39 is 0 Å². The van der Waals surface area contributed by atoms with Crippen LogP contribution in [-0.2, 0) is 16.1 Å². The van der Waals surface area contributed by atoms with E-state index in [-0.39, 0.29) is 18.4 Å². The van der Waals surface area contributed by atoms with Crippen LogP contribution in [0.1, 0.15) is 30.9 Å². The van der Waals surface area contributed by atoms with Crippen LogP contribution in [0, 0.1) is 5.92 Å². The summed E-state index contributed by atoms with van der Waals surface area (Å²) < 4.78 is 16.0. The highest BCUT2D eigenvalue weighted by Crippen LogP contribution is 2.38. The minimum absolute atomic E-state index is 0.201. The fraction of sp³-hybridized carbons (Fsp3) is 0.385. The molecule has 0 spiro atoms. The van der Waals surface area contributed by atoms with Crippen molar-refractivity contribution in [1.29, 1.82) is 0 Å². The zero-order valence-corrected chi connectivity index (χ0v) is 19.6. The van der Waals surface area contributed by atoms with E-state index in [1.807, 2.05) is 30.3 Å². The lowest BCUT2D eigenvalue weighted by Gasteiger charge is -2.32. The Bertz CT molecular complexity index is 1070. The standard InChI is InChI=1S/C26H30N2O5/c1-17-11-13-27(14-12-17)24-23(19-7-10-21(32-3)22(15-19)33-4)25(29)28(26(24)30)16-18-5-8-20(31-2)9-6-18/h5-10,15,17H,11-14,16H2,1-4H3. The molecule has 33 heavy (non-hydrogen) atoms. The van der Waals surface area contributed by atoms with Gasteiger partial charge in [0.2, 0.25) is 0 Å². The number of benzene rings is 2. The van der Waals surface area contributed by atoms with E-state index in [0.717, 1.165) is 37.2 Å². The molecule has 0 unspecified atom stereocenters. The van der Waals surface area contributed by atoms with Crippen LogP contribution in [0.5, 0.6) is 17.2 Å². The van der Waals surface area contributed by atoms with Crippen molar-refractivity contribution < 1.29 is 23.8 Å². The van der Waals surface area contributed by atoms with Gasteiger partial charge in [0.05, 0.1) is 33.4 Å². The van der Waals surface area contributed by atoms with Crippen molar-refractivity contribution in [3.63, 3.8) is 0 Å². The summed E-state index contributed by atoms with van der Waals surface area (Å²) in [6, 6.07) is 12.7. The lowest BCUT2D eigenvalue weighted by Crippen LogP contribution is -2.38. The first kappa shape index (κ1) is 22.7. The van der Waals surface area contributed by atoms with Crippen molar-refractivity contribution in [2.45, 2.75) is 26.3 Å². The zero-order chi connectivity index (χ0) is 23.5. The van der Waals surface area contributed by atoms with Crippen molar-refractivity contribution in [3.8, 4) is 17.2 Å². The molecule has 1 saturated heterocycles. The molecule has 4 rings (SSSR count). The molecule has 2 aromatic carbocycles. The molecule has 0 aromatic heterocycles. The number of ether oxygens (including phenoxy) is 3. The SMILES string of the molecule is COc1ccc(CN2C(=O)C(c3ccc(OC)c(OC)c3)=C(N3CCC(C)CC3)C2=O)cc1. The third-order valence-electron chi connectivity index (χ3n) is 6.42. The summed E-state index contributed by atoms with van der Waals surface area (Å²) in [4.78, 5) is 30.7. The molecule has 1 fully saturated rings. The number of hydrogen-bond acceptors (Lipinski definition) is 6. The largest absolute Gasteiger partial charge is 0.497 e. The maximum Gasteiger partial charge on any atom is 0.278 e. The summed E-state index contributed by atoms with van der Waals surface area (Å²) in [6.45, 7) is 3.93. The van der Waals surface area contributed by atoms with Crippen LogP contribution in [0.2, 0.25) is 0 Å². The van der Waals surface area contributed by atoms with Gasteiger partial charge in [0.25, 0.3) is 11.8 Å². The number of carbonyl (C=O) groups is 2. The van der Waals surface area contributed by atoms with Gasteiger partial charge in [-0.2, -0.15) is 0 Å². The van der Waals surface area contributed by atoms with E-state index in [0.29, 0.717) is 34.3 Å². The van der Waals surface area contributed by atoms with Gasteiger partial charge < -0.3 is 19.1 Å². The summed E-state index contributed by atoms with van der Waals surface area (Å²) >= 11 is 0. The Morgan fingerprint density at radius 1 is 0.848 bits per heavy atom. The first-order valence-corrected chi connectivity index (χ1v) is 11.2. The van der Waals surface area contributed by atoms with Crippen molar-refractivity contribution in [2.24, 2.45) is 5.92 Å². The van der Waals surface area contributed by atoms with Gasteiger partial charge in [-0.3, -0.25) is 14.5 Å². The van der Waals surface area contributed by atoms with Gasteiger partial charge in [-0.1, -0.05) is 25.1 Å². The summed E-state index contributed by atoms with van der Waals surface area (Å²) in [6.07, 6.45) is 1.98. The maximum atomic E-state index is 13.6. The highest BCUT2D eigenvalue weighted by molar-refractivity contribution is 6.35. The summed E-state index contributed by atoms with van der Waals surface area (Å²) in [5.74, 6) is 1.87. The molecule has 2 aliphatic rings. The molecule has 0 radical (unpaired) electrons. The highest BCUT2D eigenvalue weighted by Gasteiger charge is 2.42. The number of carbonyl (C=O) groups excluding carboxylic acids is 2. The number of rotatable bonds is 7. The number of nitrogens with zero attached hydrogens (tertiary/aromatic N) is 2. The topological polar surface area (TPSA) is 68.3 Å². The molecule has 0 atom stereocenters. The van der Waals surface area contributed by atoms with Crippen LogP contribution < -0.4 is 14.2 Å². The summed E-state index contributed by atoms with van der Waals surface area (Å²) in [5, 5.41) is 0. The summed E-state index contributed by atoms with van der Waals surface area (Å²) in [7, 11) is 4.73. The number of amides is 2. The third kappa shape index (κ3) is 4.40. The van der Waals surface area contributed by atoms with E-state index >= 15 is 0 Å². The minimum atomic E-state index is -0.295. The average Bonchev–Trinajstić information content (AvgIpc) is 3.09. The molecule has 0 bridgehead atoms. The average molecular weight is 451 g/mol. The Morgan fingerprint density at radius 3 is 2.12 bits per heavy atom. The molecule has 0 aliphatic carbocycles. The Kier molecular flexibility index (Phi) is 6.58. The Morgan fingerprint density at radius 2 is 1.52 bits per heavy atom. The molecule has 7 nitrogen and oxygen atoms in total. The molecule has 2 aliphatic heterocycles. The minimum Gasteiger partial charge on any atom is -0.497 e. The van der Waals surface area contributed by atoms with E-state index in [1.54, 1.807) is 33.5 Å². The van der Waals surface area contributed by atoms with Crippen molar-refractivity contribution >= 4 is 17.4 Å².